The molecule has 0 bridgehead atoms. The number of carbonyl (C=O) groups excluding carboxylic acids is 2. The fraction of sp³-hybridized carbons (Fsp3) is 0.541. The summed E-state index contributed by atoms with van der Waals surface area (Å²) in [6.07, 6.45) is 3.60. The number of nitrogens with two attached hydrogens (primary N) is 1. The van der Waals surface area contributed by atoms with E-state index in [0.29, 0.717) is 38.3 Å². The molecule has 0 unspecified atom stereocenters. The number of sulfonamides is 1. The lowest BCUT2D eigenvalue weighted by Crippen LogP contribution is -2.57. The zero-order valence-electron chi connectivity index (χ0n) is 29.8. The number of carbonyl (C=O) groups is 2. The van der Waals surface area contributed by atoms with Crippen LogP contribution < -0.4 is 15.8 Å². The molecule has 2 heterocycles. The highest BCUT2D eigenvalue weighted by Crippen LogP contribution is 2.29. The van der Waals surface area contributed by atoms with Gasteiger partial charge in [-0.15, -0.1) is 11.3 Å². The first-order chi connectivity index (χ1) is 24.5. The lowest BCUT2D eigenvalue weighted by atomic mass is 9.95. The Kier molecular flexibility index (Phi) is 13.5. The van der Waals surface area contributed by atoms with Gasteiger partial charge in [0.2, 0.25) is 15.9 Å². The first kappa shape index (κ1) is 38.7. The van der Waals surface area contributed by atoms with Crippen molar-refractivity contribution in [3.8, 4) is 5.75 Å². The second-order valence-corrected chi connectivity index (χ2v) is 16.6. The average molecular weight is 741 g/mol. The molecule has 4 N–H and O–H groups in total. The van der Waals surface area contributed by atoms with E-state index >= 15 is 0 Å². The molecule has 1 aromatic heterocycles. The minimum Gasteiger partial charge on any atom is -0.497 e. The number of thiazole rings is 1. The predicted octanol–water partition coefficient (Wildman–Crippen LogP) is 4.23. The number of aliphatic hydroxyl groups is 1. The predicted molar refractivity (Wildman–Crippen MR) is 198 cm³/mol. The van der Waals surface area contributed by atoms with Crippen LogP contribution in [-0.4, -0.2) is 96.0 Å². The number of ether oxygens (including phenoxy) is 1. The van der Waals surface area contributed by atoms with E-state index in [4.69, 9.17) is 10.5 Å². The van der Waals surface area contributed by atoms with E-state index < -0.39 is 28.2 Å². The molecule has 4 atom stereocenters. The van der Waals surface area contributed by atoms with Crippen molar-refractivity contribution in [3.05, 3.63) is 76.2 Å². The largest absolute Gasteiger partial charge is 0.497 e. The number of nitrogens with one attached hydrogen (secondary N) is 1. The molecule has 12 nitrogen and oxygen atoms in total. The van der Waals surface area contributed by atoms with Gasteiger partial charge in [0.1, 0.15) is 16.8 Å². The van der Waals surface area contributed by atoms with Crippen LogP contribution in [-0.2, 0) is 34.3 Å². The van der Waals surface area contributed by atoms with Crippen molar-refractivity contribution in [1.82, 2.24) is 24.4 Å². The molecular weight excluding hydrogens is 689 g/mol. The molecule has 14 heteroatoms. The molecule has 3 amide bonds. The summed E-state index contributed by atoms with van der Waals surface area (Å²) >= 11 is 1.46. The first-order valence-electron chi connectivity index (χ1n) is 17.9. The van der Waals surface area contributed by atoms with E-state index in [2.05, 4.69) is 10.3 Å². The molecule has 1 saturated carbocycles. The van der Waals surface area contributed by atoms with Crippen molar-refractivity contribution in [2.24, 2.45) is 17.6 Å². The molecule has 3 aromatic rings. The Hall–Kier alpha value is -3.56. The Balaban J connectivity index is 1.38. The third kappa shape index (κ3) is 9.66. The van der Waals surface area contributed by atoms with Crippen LogP contribution in [0.1, 0.15) is 62.2 Å². The number of aliphatic hydroxyl groups excluding tert-OH is 1. The van der Waals surface area contributed by atoms with Crippen molar-refractivity contribution in [2.75, 3.05) is 33.3 Å². The molecule has 1 saturated heterocycles. The van der Waals surface area contributed by atoms with E-state index in [9.17, 15) is 23.1 Å². The zero-order valence-corrected chi connectivity index (χ0v) is 31.4. The summed E-state index contributed by atoms with van der Waals surface area (Å²) in [7, 11) is -2.47. The number of urea groups is 1. The number of methoxy groups -OCH3 is 1. The van der Waals surface area contributed by atoms with Crippen LogP contribution in [0.4, 0.5) is 4.79 Å². The number of nitrogens with zero attached hydrogens (tertiary/aromatic N) is 4. The van der Waals surface area contributed by atoms with Crippen molar-refractivity contribution < 1.29 is 27.9 Å². The molecule has 0 radical (unpaired) electrons. The van der Waals surface area contributed by atoms with Crippen LogP contribution in [0.2, 0.25) is 0 Å². The van der Waals surface area contributed by atoms with Gasteiger partial charge in [0.25, 0.3) is 0 Å². The number of hydrogen-bond donors (Lipinski definition) is 3. The fourth-order valence-electron chi connectivity index (χ4n) is 7.05. The van der Waals surface area contributed by atoms with Gasteiger partial charge < -0.3 is 30.7 Å². The van der Waals surface area contributed by atoms with Gasteiger partial charge in [-0.1, -0.05) is 63.4 Å². The number of aromatic nitrogens is 1. The second-order valence-electron chi connectivity index (χ2n) is 13.7. The van der Waals surface area contributed by atoms with E-state index in [1.165, 1.54) is 34.9 Å². The summed E-state index contributed by atoms with van der Waals surface area (Å²) in [4.78, 5) is 36.0. The minimum absolute atomic E-state index is 0.114. The summed E-state index contributed by atoms with van der Waals surface area (Å²) in [5.74, 6) is 0.165. The maximum absolute atomic E-state index is 14.3. The van der Waals surface area contributed by atoms with Gasteiger partial charge >= 0.3 is 6.03 Å². The monoisotopic (exact) mass is 740 g/mol. The molecule has 2 aliphatic rings. The van der Waals surface area contributed by atoms with Crippen molar-refractivity contribution >= 4 is 33.3 Å². The van der Waals surface area contributed by atoms with Crippen LogP contribution in [0.5, 0.6) is 5.75 Å². The van der Waals surface area contributed by atoms with Crippen LogP contribution in [0.15, 0.2) is 64.9 Å². The normalized spacial score (nSPS) is 17.9. The van der Waals surface area contributed by atoms with Gasteiger partial charge in [0, 0.05) is 38.1 Å². The van der Waals surface area contributed by atoms with Gasteiger partial charge in [0.05, 0.1) is 36.4 Å². The highest BCUT2D eigenvalue weighted by Gasteiger charge is 2.41. The molecule has 278 valence electrons. The first-order valence-corrected chi connectivity index (χ1v) is 20.2. The Morgan fingerprint density at radius 3 is 2.47 bits per heavy atom. The maximum atomic E-state index is 14.3. The Morgan fingerprint density at radius 2 is 1.84 bits per heavy atom. The summed E-state index contributed by atoms with van der Waals surface area (Å²) in [5.41, 5.74) is 7.37. The molecule has 2 aromatic carbocycles. The SMILES string of the molecule is CC[C@H](C)[C@@H](C(=O)N[C@@H](Cc1ccccc1)[C@H](O)CN(CC1CCCC1)S(=O)(=O)c1ccc(OC)cc1)N1CCN(Cc2csc(CN)n2)C1=O. The standard InChI is InChI=1S/C37H52N6O6S2/c1-4-26(2)35(43-19-18-41(37(43)46)23-29-25-50-34(21-38)39-29)36(45)40-32(20-27-10-6-5-7-11-27)33(44)24-42(22-28-12-8-9-13-28)51(47,48)31-16-14-30(49-3)15-17-31/h5-7,10-11,14-17,25-26,28,32-33,35,44H,4,8-9,12-13,18-24,38H2,1-3H3,(H,40,45)/t26-,32-,33+,35-/m0/s1. The van der Waals surface area contributed by atoms with Crippen LogP contribution >= 0.6 is 11.3 Å². The molecule has 1 aliphatic heterocycles. The number of rotatable bonds is 18. The Labute approximate surface area is 306 Å². The lowest BCUT2D eigenvalue weighted by Gasteiger charge is -2.35. The Morgan fingerprint density at radius 1 is 1.14 bits per heavy atom. The molecule has 51 heavy (non-hydrogen) atoms. The number of benzene rings is 2. The number of hydrogen-bond acceptors (Lipinski definition) is 9. The Bertz CT molecular complexity index is 1680. The second kappa shape index (κ2) is 17.8. The van der Waals surface area contributed by atoms with Gasteiger partial charge in [0.15, 0.2) is 0 Å². The molecule has 2 fully saturated rings. The zero-order chi connectivity index (χ0) is 36.5. The average Bonchev–Trinajstić information content (AvgIpc) is 3.91. The molecule has 1 aliphatic carbocycles. The van der Waals surface area contributed by atoms with Gasteiger partial charge in [-0.2, -0.15) is 4.31 Å². The summed E-state index contributed by atoms with van der Waals surface area (Å²) in [6.45, 7) is 5.48. The van der Waals surface area contributed by atoms with E-state index in [0.717, 1.165) is 41.9 Å². The molecular formula is C37H52N6O6S2. The van der Waals surface area contributed by atoms with Crippen molar-refractivity contribution in [2.45, 2.75) is 88.5 Å². The van der Waals surface area contributed by atoms with Crippen LogP contribution in [0.25, 0.3) is 0 Å². The third-order valence-electron chi connectivity index (χ3n) is 10.2. The smallest absolute Gasteiger partial charge is 0.321 e. The van der Waals surface area contributed by atoms with Crippen LogP contribution in [0.3, 0.4) is 0 Å². The minimum atomic E-state index is -3.99. The van der Waals surface area contributed by atoms with Gasteiger partial charge in [-0.3, -0.25) is 4.79 Å². The third-order valence-corrected chi connectivity index (χ3v) is 12.9. The fourth-order valence-corrected chi connectivity index (χ4v) is 9.25. The highest BCUT2D eigenvalue weighted by molar-refractivity contribution is 7.89. The van der Waals surface area contributed by atoms with E-state index in [1.54, 1.807) is 21.9 Å². The molecule has 5 rings (SSSR count). The van der Waals surface area contributed by atoms with Crippen LogP contribution in [0, 0.1) is 11.8 Å². The maximum Gasteiger partial charge on any atom is 0.321 e. The molecule has 0 spiro atoms. The summed E-state index contributed by atoms with van der Waals surface area (Å²) in [5, 5.41) is 17.7. The van der Waals surface area contributed by atoms with Crippen molar-refractivity contribution in [3.63, 3.8) is 0 Å². The van der Waals surface area contributed by atoms with Gasteiger partial charge in [-0.05, 0) is 60.9 Å². The summed E-state index contributed by atoms with van der Waals surface area (Å²) < 4.78 is 34.8. The van der Waals surface area contributed by atoms with E-state index in [1.807, 2.05) is 49.6 Å². The van der Waals surface area contributed by atoms with Crippen molar-refractivity contribution in [1.29, 1.82) is 0 Å². The topological polar surface area (TPSA) is 158 Å². The summed E-state index contributed by atoms with van der Waals surface area (Å²) in [6, 6.07) is 13.9. The van der Waals surface area contributed by atoms with E-state index in [-0.39, 0.29) is 48.2 Å². The number of amides is 3. The van der Waals surface area contributed by atoms with Gasteiger partial charge in [-0.25, -0.2) is 18.2 Å². The quantitative estimate of drug-likeness (QED) is 0.175. The lowest BCUT2D eigenvalue weighted by molar-refractivity contribution is -0.128. The highest BCUT2D eigenvalue weighted by atomic mass is 32.2.